The maximum atomic E-state index is 6.88. The van der Waals surface area contributed by atoms with Crippen molar-refractivity contribution in [1.82, 2.24) is 0 Å². The summed E-state index contributed by atoms with van der Waals surface area (Å²) in [5.41, 5.74) is 11.0. The Kier molecular flexibility index (Phi) is 7.10. The van der Waals surface area contributed by atoms with Gasteiger partial charge in [-0.05, 0) is 145 Å². The lowest BCUT2D eigenvalue weighted by molar-refractivity contribution is 0.669. The van der Waals surface area contributed by atoms with Gasteiger partial charge in [0.1, 0.15) is 22.3 Å². The highest BCUT2D eigenvalue weighted by atomic mass is 16.3. The molecule has 312 valence electrons. The molecule has 0 atom stereocenters. The van der Waals surface area contributed by atoms with E-state index in [0.29, 0.717) is 0 Å². The number of hydrogen-bond donors (Lipinski definition) is 0. The molecule has 16 aromatic rings. The molecular formula is C66H36O2. The van der Waals surface area contributed by atoms with E-state index in [-0.39, 0.29) is 0 Å². The Morgan fingerprint density at radius 2 is 0.603 bits per heavy atom. The number of fused-ring (bicyclic) bond motifs is 13. The second-order valence-corrected chi connectivity index (χ2v) is 18.6. The molecule has 68 heavy (non-hydrogen) atoms. The Hall–Kier alpha value is -8.98. The number of rotatable bonds is 3. The monoisotopic (exact) mass is 860 g/mol. The van der Waals surface area contributed by atoms with E-state index in [2.05, 4.69) is 218 Å². The maximum Gasteiger partial charge on any atom is 0.143 e. The van der Waals surface area contributed by atoms with Crippen LogP contribution in [0.2, 0.25) is 0 Å². The molecule has 0 amide bonds. The molecule has 0 aliphatic heterocycles. The first-order valence-electron chi connectivity index (χ1n) is 23.5. The fourth-order valence-corrected chi connectivity index (χ4v) is 12.3. The van der Waals surface area contributed by atoms with Crippen LogP contribution in [0.15, 0.2) is 227 Å². The summed E-state index contributed by atoms with van der Waals surface area (Å²) in [6, 6.07) is 80.5. The van der Waals surface area contributed by atoms with Gasteiger partial charge < -0.3 is 8.83 Å². The molecule has 0 fully saturated rings. The van der Waals surface area contributed by atoms with Crippen LogP contribution in [-0.2, 0) is 0 Å². The third-order valence-corrected chi connectivity index (χ3v) is 15.1. The maximum absolute atomic E-state index is 6.88. The molecule has 0 bridgehead atoms. The lowest BCUT2D eigenvalue weighted by Gasteiger charge is -2.22. The lowest BCUT2D eigenvalue weighted by atomic mass is 9.81. The van der Waals surface area contributed by atoms with E-state index in [4.69, 9.17) is 8.83 Å². The quantitative estimate of drug-likeness (QED) is 0.131. The number of hydrogen-bond acceptors (Lipinski definition) is 2. The van der Waals surface area contributed by atoms with E-state index in [9.17, 15) is 0 Å². The van der Waals surface area contributed by atoms with Crippen LogP contribution in [0, 0.1) is 0 Å². The zero-order chi connectivity index (χ0) is 44.2. The van der Waals surface area contributed by atoms with E-state index in [1.54, 1.807) is 0 Å². The van der Waals surface area contributed by atoms with Gasteiger partial charge >= 0.3 is 0 Å². The van der Waals surface area contributed by atoms with Crippen LogP contribution < -0.4 is 0 Å². The Balaban J connectivity index is 0.970. The van der Waals surface area contributed by atoms with E-state index in [0.717, 1.165) is 43.9 Å². The van der Waals surface area contributed by atoms with Gasteiger partial charge in [-0.1, -0.05) is 182 Å². The minimum atomic E-state index is 0.898. The summed E-state index contributed by atoms with van der Waals surface area (Å²) in [4.78, 5) is 0. The first kappa shape index (κ1) is 36.3. The highest BCUT2D eigenvalue weighted by Gasteiger charge is 2.24. The van der Waals surface area contributed by atoms with Gasteiger partial charge in [-0.2, -0.15) is 0 Å². The van der Waals surface area contributed by atoms with Crippen molar-refractivity contribution in [3.8, 4) is 33.4 Å². The second kappa shape index (κ2) is 13.3. The van der Waals surface area contributed by atoms with Crippen molar-refractivity contribution >= 4 is 130 Å². The summed E-state index contributed by atoms with van der Waals surface area (Å²) in [5, 5.41) is 24.2. The van der Waals surface area contributed by atoms with Crippen LogP contribution in [-0.4, -0.2) is 0 Å². The third kappa shape index (κ3) is 4.80. The van der Waals surface area contributed by atoms with Crippen molar-refractivity contribution in [2.24, 2.45) is 0 Å². The summed E-state index contributed by atoms with van der Waals surface area (Å²) in [6.45, 7) is 0. The molecule has 2 heteroatoms. The van der Waals surface area contributed by atoms with Gasteiger partial charge in [0.15, 0.2) is 0 Å². The Morgan fingerprint density at radius 3 is 1.15 bits per heavy atom. The third-order valence-electron chi connectivity index (χ3n) is 15.1. The molecule has 0 radical (unpaired) electrons. The topological polar surface area (TPSA) is 26.3 Å². The number of furan rings is 2. The molecule has 2 aromatic heterocycles. The average Bonchev–Trinajstić information content (AvgIpc) is 3.96. The lowest BCUT2D eigenvalue weighted by Crippen LogP contribution is -1.94. The first-order valence-corrected chi connectivity index (χ1v) is 23.5. The Bertz CT molecular complexity index is 4740. The van der Waals surface area contributed by atoms with Crippen molar-refractivity contribution in [3.63, 3.8) is 0 Å². The molecule has 0 unspecified atom stereocenters. The van der Waals surface area contributed by atoms with Gasteiger partial charge in [-0.25, -0.2) is 0 Å². The molecule has 0 saturated heterocycles. The predicted molar refractivity (Wildman–Crippen MR) is 289 cm³/mol. The van der Waals surface area contributed by atoms with Crippen LogP contribution in [0.5, 0.6) is 0 Å². The number of benzene rings is 14. The van der Waals surface area contributed by atoms with Crippen molar-refractivity contribution in [2.75, 3.05) is 0 Å². The smallest absolute Gasteiger partial charge is 0.143 e. The highest BCUT2D eigenvalue weighted by Crippen LogP contribution is 2.52. The highest BCUT2D eigenvalue weighted by molar-refractivity contribution is 6.37. The average molecular weight is 861 g/mol. The van der Waals surface area contributed by atoms with Crippen LogP contribution in [0.25, 0.3) is 163 Å². The van der Waals surface area contributed by atoms with Crippen LogP contribution >= 0.6 is 0 Å². The fourth-order valence-electron chi connectivity index (χ4n) is 12.3. The predicted octanol–water partition coefficient (Wildman–Crippen LogP) is 19.1. The SMILES string of the molecule is c1ccc2cc3c(cc2c1)oc1ccc(-c2c4ccccc4c(-c4c5ccccc5c(-c5ccc6oc7c8cccc9ccc%10cccc(c7c6c5)c%10c98)c5ccccc45)c4ccccc24)cc13. The van der Waals surface area contributed by atoms with Crippen LogP contribution in [0.1, 0.15) is 0 Å². The van der Waals surface area contributed by atoms with Gasteiger partial charge in [0.05, 0.1) is 0 Å². The summed E-state index contributed by atoms with van der Waals surface area (Å²) < 4.78 is 13.4. The van der Waals surface area contributed by atoms with Gasteiger partial charge in [0, 0.05) is 32.3 Å². The summed E-state index contributed by atoms with van der Waals surface area (Å²) in [5.74, 6) is 0. The summed E-state index contributed by atoms with van der Waals surface area (Å²) in [7, 11) is 0. The summed E-state index contributed by atoms with van der Waals surface area (Å²) >= 11 is 0. The van der Waals surface area contributed by atoms with Crippen molar-refractivity contribution < 1.29 is 8.83 Å². The largest absolute Gasteiger partial charge is 0.456 e. The summed E-state index contributed by atoms with van der Waals surface area (Å²) in [6.07, 6.45) is 0. The van der Waals surface area contributed by atoms with Crippen LogP contribution in [0.4, 0.5) is 0 Å². The molecule has 0 aliphatic carbocycles. The Labute approximate surface area is 388 Å². The van der Waals surface area contributed by atoms with Gasteiger partial charge in [0.25, 0.3) is 0 Å². The Morgan fingerprint density at radius 1 is 0.206 bits per heavy atom. The standard InChI is InChI=1S/C66H36O2/c1-2-14-40-36-58-54(33-39(40)13-1)53-34-41(29-31-56(53)67-58)59-43-17-3-7-21-47(43)63(48-22-8-4-18-44(48)59)64-49-23-9-5-19-45(49)60(46-20-6-10-24-50(46)64)42-30-32-57-55(35-42)65-51-25-11-15-37-27-28-38-16-12-26-52(66(65)68-57)62(38)61(37)51/h1-36H. The molecule has 14 aromatic carbocycles. The molecule has 2 heterocycles. The van der Waals surface area contributed by atoms with Gasteiger partial charge in [0.2, 0.25) is 0 Å². The normalized spacial score (nSPS) is 12.4. The molecular weight excluding hydrogens is 825 g/mol. The van der Waals surface area contributed by atoms with E-state index >= 15 is 0 Å². The molecule has 0 saturated carbocycles. The zero-order valence-electron chi connectivity index (χ0n) is 36.6. The van der Waals surface area contributed by atoms with Gasteiger partial charge in [-0.15, -0.1) is 0 Å². The first-order chi connectivity index (χ1) is 33.7. The van der Waals surface area contributed by atoms with Crippen molar-refractivity contribution in [1.29, 1.82) is 0 Å². The fraction of sp³-hybridized carbons (Fsp3) is 0. The minimum absolute atomic E-state index is 0.898. The minimum Gasteiger partial charge on any atom is -0.456 e. The van der Waals surface area contributed by atoms with Crippen molar-refractivity contribution in [3.05, 3.63) is 218 Å². The van der Waals surface area contributed by atoms with E-state index < -0.39 is 0 Å². The zero-order valence-corrected chi connectivity index (χ0v) is 36.6. The molecule has 0 N–H and O–H groups in total. The van der Waals surface area contributed by atoms with Crippen LogP contribution in [0.3, 0.4) is 0 Å². The molecule has 16 rings (SSSR count). The second-order valence-electron chi connectivity index (χ2n) is 18.6. The molecule has 0 spiro atoms. The van der Waals surface area contributed by atoms with E-state index in [1.165, 1.54) is 120 Å². The van der Waals surface area contributed by atoms with Gasteiger partial charge in [-0.3, -0.25) is 0 Å². The molecule has 0 aliphatic rings. The molecule has 2 nitrogen and oxygen atoms in total. The van der Waals surface area contributed by atoms with Crippen molar-refractivity contribution in [2.45, 2.75) is 0 Å². The van der Waals surface area contributed by atoms with E-state index in [1.807, 2.05) is 0 Å².